The molecule has 0 radical (unpaired) electrons. The van der Waals surface area contributed by atoms with Crippen LogP contribution in [0.4, 0.5) is 0 Å². The average molecular weight is 231 g/mol. The van der Waals surface area contributed by atoms with E-state index in [0.29, 0.717) is 0 Å². The second-order valence-corrected chi connectivity index (χ2v) is 5.61. The summed E-state index contributed by atoms with van der Waals surface area (Å²) in [5, 5.41) is 0. The van der Waals surface area contributed by atoms with E-state index < -0.39 is 0 Å². The number of nitrogens with zero attached hydrogens (tertiary/aromatic N) is 1. The molecule has 2 aliphatic heterocycles. The molecule has 3 rings (SSSR count). The second-order valence-electron chi connectivity index (χ2n) is 5.61. The minimum absolute atomic E-state index is 0.108. The highest BCUT2D eigenvalue weighted by atomic mass is 16.5. The molecule has 17 heavy (non-hydrogen) atoms. The van der Waals surface area contributed by atoms with Gasteiger partial charge < -0.3 is 4.74 Å². The van der Waals surface area contributed by atoms with E-state index >= 15 is 0 Å². The van der Waals surface area contributed by atoms with Crippen LogP contribution in [0.3, 0.4) is 0 Å². The molecule has 0 spiro atoms. The van der Waals surface area contributed by atoms with Gasteiger partial charge in [-0.1, -0.05) is 12.1 Å². The molecule has 0 amide bonds. The van der Waals surface area contributed by atoms with Crippen molar-refractivity contribution in [1.82, 2.24) is 4.90 Å². The lowest BCUT2D eigenvalue weighted by Crippen LogP contribution is -2.43. The van der Waals surface area contributed by atoms with Crippen molar-refractivity contribution in [2.75, 3.05) is 19.6 Å². The van der Waals surface area contributed by atoms with Gasteiger partial charge in [0.25, 0.3) is 0 Å². The van der Waals surface area contributed by atoms with Crippen molar-refractivity contribution >= 4 is 0 Å². The first-order chi connectivity index (χ1) is 8.19. The molecule has 1 aromatic rings. The zero-order valence-corrected chi connectivity index (χ0v) is 10.8. The third kappa shape index (κ3) is 1.95. The fourth-order valence-corrected chi connectivity index (χ4v) is 3.15. The van der Waals surface area contributed by atoms with Gasteiger partial charge in [0, 0.05) is 19.5 Å². The maximum absolute atomic E-state index is 6.40. The lowest BCUT2D eigenvalue weighted by Gasteiger charge is -2.35. The van der Waals surface area contributed by atoms with E-state index in [0.717, 1.165) is 12.3 Å². The molecule has 1 unspecified atom stereocenters. The zero-order chi connectivity index (χ0) is 11.9. The van der Waals surface area contributed by atoms with Crippen LogP contribution in [0.1, 0.15) is 30.4 Å². The molecule has 0 aromatic heterocycles. The lowest BCUT2D eigenvalue weighted by atomic mass is 9.94. The van der Waals surface area contributed by atoms with Crippen LogP contribution in [0.25, 0.3) is 0 Å². The number of ether oxygens (including phenoxy) is 1. The number of piperidine rings is 1. The highest BCUT2D eigenvalue weighted by Gasteiger charge is 2.43. The molecule has 2 aliphatic rings. The largest absolute Gasteiger partial charge is 0.486 e. The van der Waals surface area contributed by atoms with Gasteiger partial charge in [0.15, 0.2) is 0 Å². The molecule has 92 valence electrons. The first-order valence-electron chi connectivity index (χ1n) is 6.66. The molecule has 2 bridgehead atoms. The van der Waals surface area contributed by atoms with Gasteiger partial charge in [0.1, 0.15) is 11.4 Å². The Morgan fingerprint density at radius 1 is 1.18 bits per heavy atom. The molecule has 0 N–H and O–H groups in total. The Bertz CT molecular complexity index is 425. The van der Waals surface area contributed by atoms with Gasteiger partial charge in [-0.3, -0.25) is 4.90 Å². The molecule has 2 fully saturated rings. The predicted molar refractivity (Wildman–Crippen MR) is 69.6 cm³/mol. The van der Waals surface area contributed by atoms with E-state index in [1.54, 1.807) is 0 Å². The number of aryl methyl sites for hydroxylation is 1. The molecule has 2 nitrogen and oxygen atoms in total. The summed E-state index contributed by atoms with van der Waals surface area (Å²) in [6.07, 6.45) is 3.70. The number of hydrogen-bond donors (Lipinski definition) is 0. The van der Waals surface area contributed by atoms with Gasteiger partial charge in [0.2, 0.25) is 0 Å². The Hall–Kier alpha value is -1.02. The Labute approximate surface area is 104 Å². The van der Waals surface area contributed by atoms with E-state index in [-0.39, 0.29) is 5.60 Å². The Morgan fingerprint density at radius 3 is 2.94 bits per heavy atom. The topological polar surface area (TPSA) is 12.5 Å². The van der Waals surface area contributed by atoms with Crippen molar-refractivity contribution in [3.05, 3.63) is 29.3 Å². The smallest absolute Gasteiger partial charge is 0.123 e. The second kappa shape index (κ2) is 4.02. The number of benzene rings is 1. The van der Waals surface area contributed by atoms with Crippen molar-refractivity contribution in [3.63, 3.8) is 0 Å². The van der Waals surface area contributed by atoms with Crippen molar-refractivity contribution < 1.29 is 4.74 Å². The van der Waals surface area contributed by atoms with Crippen LogP contribution < -0.4 is 4.74 Å². The third-order valence-electron chi connectivity index (χ3n) is 4.38. The van der Waals surface area contributed by atoms with E-state index in [4.69, 9.17) is 4.74 Å². The van der Waals surface area contributed by atoms with Crippen LogP contribution in [0, 0.1) is 13.8 Å². The minimum atomic E-state index is 0.108. The summed E-state index contributed by atoms with van der Waals surface area (Å²) in [5.41, 5.74) is 2.73. The Kier molecular flexibility index (Phi) is 2.62. The summed E-state index contributed by atoms with van der Waals surface area (Å²) < 4.78 is 6.40. The standard InChI is InChI=1S/C15H21NO/c1-12-5-3-6-14(13(12)2)17-15-7-4-9-16(11-15)10-8-15/h3,5-6H,4,7-11H2,1-2H3/t15-/m0/s1. The summed E-state index contributed by atoms with van der Waals surface area (Å²) in [4.78, 5) is 2.54. The highest BCUT2D eigenvalue weighted by molar-refractivity contribution is 5.38. The van der Waals surface area contributed by atoms with E-state index in [2.05, 4.69) is 36.9 Å². The van der Waals surface area contributed by atoms with Crippen LogP contribution in [-0.2, 0) is 0 Å². The summed E-state index contributed by atoms with van der Waals surface area (Å²) >= 11 is 0. The maximum Gasteiger partial charge on any atom is 0.123 e. The van der Waals surface area contributed by atoms with Crippen molar-refractivity contribution in [2.24, 2.45) is 0 Å². The normalized spacial score (nSPS) is 31.5. The van der Waals surface area contributed by atoms with Gasteiger partial charge >= 0.3 is 0 Å². The van der Waals surface area contributed by atoms with E-state index in [1.807, 2.05) is 0 Å². The molecule has 0 aliphatic carbocycles. The zero-order valence-electron chi connectivity index (χ0n) is 10.8. The van der Waals surface area contributed by atoms with Gasteiger partial charge in [-0.2, -0.15) is 0 Å². The highest BCUT2D eigenvalue weighted by Crippen LogP contribution is 2.37. The molecular weight excluding hydrogens is 210 g/mol. The fourth-order valence-electron chi connectivity index (χ4n) is 3.15. The third-order valence-corrected chi connectivity index (χ3v) is 4.38. The minimum Gasteiger partial charge on any atom is -0.486 e. The van der Waals surface area contributed by atoms with Crippen molar-refractivity contribution in [1.29, 1.82) is 0 Å². The van der Waals surface area contributed by atoms with E-state index in [9.17, 15) is 0 Å². The number of rotatable bonds is 2. The number of fused-ring (bicyclic) bond motifs is 2. The van der Waals surface area contributed by atoms with Crippen LogP contribution >= 0.6 is 0 Å². The number of hydrogen-bond acceptors (Lipinski definition) is 2. The van der Waals surface area contributed by atoms with Crippen LogP contribution in [0.5, 0.6) is 5.75 Å². The molecule has 2 heterocycles. The average Bonchev–Trinajstić information content (AvgIpc) is 2.61. The summed E-state index contributed by atoms with van der Waals surface area (Å²) in [5.74, 6) is 1.09. The predicted octanol–water partition coefficient (Wildman–Crippen LogP) is 2.92. The molecule has 2 heteroatoms. The molecule has 2 atom stereocenters. The monoisotopic (exact) mass is 231 g/mol. The molecule has 2 saturated heterocycles. The van der Waals surface area contributed by atoms with Gasteiger partial charge in [-0.25, -0.2) is 0 Å². The summed E-state index contributed by atoms with van der Waals surface area (Å²) in [6, 6.07) is 6.37. The maximum atomic E-state index is 6.40. The molecule has 0 saturated carbocycles. The van der Waals surface area contributed by atoms with Crippen molar-refractivity contribution in [2.45, 2.75) is 38.7 Å². The first kappa shape index (κ1) is 11.1. The van der Waals surface area contributed by atoms with Crippen LogP contribution in [0.15, 0.2) is 18.2 Å². The Balaban J connectivity index is 1.85. The summed E-state index contributed by atoms with van der Waals surface area (Å²) in [7, 11) is 0. The Morgan fingerprint density at radius 2 is 2.06 bits per heavy atom. The SMILES string of the molecule is Cc1cccc(O[C@@]23CCCN(CC2)C3)c1C. The van der Waals surface area contributed by atoms with Gasteiger partial charge in [-0.05, 0) is 50.4 Å². The molecular formula is C15H21NO. The van der Waals surface area contributed by atoms with E-state index in [1.165, 1.54) is 43.5 Å². The summed E-state index contributed by atoms with van der Waals surface area (Å²) in [6.45, 7) is 7.92. The van der Waals surface area contributed by atoms with Crippen LogP contribution in [0.2, 0.25) is 0 Å². The lowest BCUT2D eigenvalue weighted by molar-refractivity contribution is 0.0446. The fraction of sp³-hybridized carbons (Fsp3) is 0.600. The molecule has 1 aromatic carbocycles. The van der Waals surface area contributed by atoms with Crippen molar-refractivity contribution in [3.8, 4) is 5.75 Å². The quantitative estimate of drug-likeness (QED) is 0.776. The van der Waals surface area contributed by atoms with Gasteiger partial charge in [-0.15, -0.1) is 0 Å². The van der Waals surface area contributed by atoms with Gasteiger partial charge in [0.05, 0.1) is 0 Å². The van der Waals surface area contributed by atoms with Crippen LogP contribution in [-0.4, -0.2) is 30.1 Å². The first-order valence-corrected chi connectivity index (χ1v) is 6.66.